The smallest absolute Gasteiger partial charge is 0.255 e. The molecule has 35 heavy (non-hydrogen) atoms. The highest BCUT2D eigenvalue weighted by Crippen LogP contribution is 2.24. The van der Waals surface area contributed by atoms with Crippen LogP contribution in [0, 0.1) is 0 Å². The van der Waals surface area contributed by atoms with Gasteiger partial charge in [0.1, 0.15) is 0 Å². The zero-order valence-corrected chi connectivity index (χ0v) is 21.8. The van der Waals surface area contributed by atoms with E-state index in [1.165, 1.54) is 0 Å². The summed E-state index contributed by atoms with van der Waals surface area (Å²) >= 11 is 5.99. The third-order valence-corrected chi connectivity index (χ3v) is 5.45. The molecule has 186 valence electrons. The predicted octanol–water partition coefficient (Wildman–Crippen LogP) is 5.74. The van der Waals surface area contributed by atoms with Crippen LogP contribution in [0.5, 0.6) is 0 Å². The third-order valence-electron chi connectivity index (χ3n) is 5.28. The lowest BCUT2D eigenvalue weighted by molar-refractivity contribution is 0.101. The van der Waals surface area contributed by atoms with Gasteiger partial charge in [-0.1, -0.05) is 18.2 Å². The van der Waals surface area contributed by atoms with Crippen LogP contribution in [-0.2, 0) is 6.54 Å². The first-order chi connectivity index (χ1) is 16.4. The van der Waals surface area contributed by atoms with E-state index < -0.39 is 0 Å². The van der Waals surface area contributed by atoms with Crippen LogP contribution in [0.15, 0.2) is 72.8 Å². The fourth-order valence-electron chi connectivity index (χ4n) is 3.66. The van der Waals surface area contributed by atoms with Crippen molar-refractivity contribution in [1.82, 2.24) is 4.90 Å². The molecule has 0 aliphatic rings. The number of rotatable bonds is 10. The Morgan fingerprint density at radius 3 is 1.91 bits per heavy atom. The lowest BCUT2D eigenvalue weighted by Gasteiger charge is -2.24. The topological polar surface area (TPSA) is 64.7 Å². The van der Waals surface area contributed by atoms with Crippen molar-refractivity contribution < 1.29 is 9.59 Å². The summed E-state index contributed by atoms with van der Waals surface area (Å²) in [5.41, 5.74) is 4.51. The molecule has 0 aliphatic heterocycles. The molecule has 0 aliphatic carbocycles. The predicted molar refractivity (Wildman–Crippen MR) is 148 cm³/mol. The van der Waals surface area contributed by atoms with E-state index in [9.17, 15) is 9.59 Å². The van der Waals surface area contributed by atoms with Crippen LogP contribution in [0.2, 0.25) is 0 Å². The zero-order valence-electron chi connectivity index (χ0n) is 20.3. The SMILES string of the molecule is CCN(CCCl)c1cc(CN(C)C)cc(NC(=O)c2ccc(C(=O)Nc3ccccc3)cc2)c1.Cl. The summed E-state index contributed by atoms with van der Waals surface area (Å²) in [7, 11) is 4.02. The number of amides is 2. The lowest BCUT2D eigenvalue weighted by Crippen LogP contribution is -2.25. The average molecular weight is 515 g/mol. The van der Waals surface area contributed by atoms with Crippen LogP contribution >= 0.6 is 24.0 Å². The molecule has 2 amide bonds. The number of para-hydroxylation sites is 1. The van der Waals surface area contributed by atoms with Crippen LogP contribution in [0.25, 0.3) is 0 Å². The van der Waals surface area contributed by atoms with Crippen molar-refractivity contribution in [3.8, 4) is 0 Å². The Balaban J connectivity index is 0.00000432. The van der Waals surface area contributed by atoms with E-state index in [-0.39, 0.29) is 24.2 Å². The van der Waals surface area contributed by atoms with Gasteiger partial charge in [-0.05, 0) is 81.2 Å². The van der Waals surface area contributed by atoms with E-state index in [4.69, 9.17) is 11.6 Å². The van der Waals surface area contributed by atoms with Gasteiger partial charge in [0, 0.05) is 53.7 Å². The number of benzene rings is 3. The van der Waals surface area contributed by atoms with Gasteiger partial charge in [-0.3, -0.25) is 9.59 Å². The van der Waals surface area contributed by atoms with Crippen LogP contribution in [0.1, 0.15) is 33.2 Å². The number of nitrogens with zero attached hydrogens (tertiary/aromatic N) is 2. The van der Waals surface area contributed by atoms with E-state index >= 15 is 0 Å². The summed E-state index contributed by atoms with van der Waals surface area (Å²) in [6, 6.07) is 22.0. The molecule has 0 aromatic heterocycles. The minimum absolute atomic E-state index is 0. The number of hydrogen-bond donors (Lipinski definition) is 2. The number of anilines is 3. The van der Waals surface area contributed by atoms with Crippen molar-refractivity contribution in [2.24, 2.45) is 0 Å². The van der Waals surface area contributed by atoms with Crippen molar-refractivity contribution in [3.05, 3.63) is 89.5 Å². The minimum Gasteiger partial charge on any atom is -0.371 e. The normalized spacial score (nSPS) is 10.4. The Morgan fingerprint density at radius 1 is 0.829 bits per heavy atom. The molecule has 6 nitrogen and oxygen atoms in total. The van der Waals surface area contributed by atoms with Gasteiger partial charge < -0.3 is 20.4 Å². The molecule has 3 aromatic rings. The molecule has 0 saturated heterocycles. The van der Waals surface area contributed by atoms with Crippen molar-refractivity contribution >= 4 is 52.9 Å². The standard InChI is InChI=1S/C27H31ClN4O2.ClH/c1-4-32(15-14-28)25-17-20(19-31(2)3)16-24(18-25)30-27(34)22-12-10-21(11-13-22)26(33)29-23-8-6-5-7-9-23;/h5-13,16-18H,4,14-15,19H2,1-3H3,(H,29,33)(H,30,34);1H. The molecule has 8 heteroatoms. The summed E-state index contributed by atoms with van der Waals surface area (Å²) in [5, 5.41) is 5.85. The van der Waals surface area contributed by atoms with Gasteiger partial charge in [-0.25, -0.2) is 0 Å². The number of carbonyl (C=O) groups is 2. The molecule has 3 rings (SSSR count). The average Bonchev–Trinajstić information content (AvgIpc) is 2.82. The largest absolute Gasteiger partial charge is 0.371 e. The molecule has 0 unspecified atom stereocenters. The van der Waals surface area contributed by atoms with Crippen LogP contribution in [-0.4, -0.2) is 49.8 Å². The van der Waals surface area contributed by atoms with Gasteiger partial charge in [-0.15, -0.1) is 24.0 Å². The molecule has 0 atom stereocenters. The Hall–Kier alpha value is -3.06. The van der Waals surface area contributed by atoms with Crippen molar-refractivity contribution in [1.29, 1.82) is 0 Å². The van der Waals surface area contributed by atoms with Gasteiger partial charge in [0.15, 0.2) is 0 Å². The second kappa shape index (κ2) is 13.7. The van der Waals surface area contributed by atoms with Crippen molar-refractivity contribution in [3.63, 3.8) is 0 Å². The fraction of sp³-hybridized carbons (Fsp3) is 0.259. The molecule has 0 heterocycles. The molecule has 0 saturated carbocycles. The highest BCUT2D eigenvalue weighted by Gasteiger charge is 2.13. The number of alkyl halides is 1. The Morgan fingerprint density at radius 2 is 1.40 bits per heavy atom. The number of halogens is 2. The molecular weight excluding hydrogens is 483 g/mol. The van der Waals surface area contributed by atoms with Crippen LogP contribution in [0.4, 0.5) is 17.1 Å². The summed E-state index contributed by atoms with van der Waals surface area (Å²) in [5.74, 6) is 0.0685. The maximum Gasteiger partial charge on any atom is 0.255 e. The Labute approximate surface area is 218 Å². The molecule has 0 spiro atoms. The highest BCUT2D eigenvalue weighted by molar-refractivity contribution is 6.18. The first kappa shape index (κ1) is 28.2. The first-order valence-electron chi connectivity index (χ1n) is 11.3. The molecule has 3 aromatic carbocycles. The Bertz CT molecular complexity index is 1110. The van der Waals surface area contributed by atoms with E-state index in [2.05, 4.69) is 33.4 Å². The van der Waals surface area contributed by atoms with Crippen LogP contribution < -0.4 is 15.5 Å². The lowest BCUT2D eigenvalue weighted by atomic mass is 10.1. The molecule has 0 fully saturated rings. The Kier molecular flexibility index (Phi) is 11.1. The number of carbonyl (C=O) groups excluding carboxylic acids is 2. The van der Waals surface area contributed by atoms with Crippen molar-refractivity contribution in [2.45, 2.75) is 13.5 Å². The van der Waals surface area contributed by atoms with Crippen LogP contribution in [0.3, 0.4) is 0 Å². The monoisotopic (exact) mass is 514 g/mol. The molecule has 0 radical (unpaired) electrons. The van der Waals surface area contributed by atoms with Gasteiger partial charge >= 0.3 is 0 Å². The molecule has 2 N–H and O–H groups in total. The third kappa shape index (κ3) is 8.28. The fourth-order valence-corrected chi connectivity index (χ4v) is 3.86. The van der Waals surface area contributed by atoms with E-state index in [1.807, 2.05) is 56.6 Å². The van der Waals surface area contributed by atoms with Gasteiger partial charge in [0.2, 0.25) is 0 Å². The summed E-state index contributed by atoms with van der Waals surface area (Å²) < 4.78 is 0. The second-order valence-corrected chi connectivity index (χ2v) is 8.62. The van der Waals surface area contributed by atoms with E-state index in [0.29, 0.717) is 17.0 Å². The maximum atomic E-state index is 12.9. The summed E-state index contributed by atoms with van der Waals surface area (Å²) in [6.45, 7) is 4.38. The summed E-state index contributed by atoms with van der Waals surface area (Å²) in [6.07, 6.45) is 0. The summed E-state index contributed by atoms with van der Waals surface area (Å²) in [4.78, 5) is 29.7. The number of nitrogens with one attached hydrogen (secondary N) is 2. The molecular formula is C27H32Cl2N4O2. The molecule has 0 bridgehead atoms. The zero-order chi connectivity index (χ0) is 24.5. The van der Waals surface area contributed by atoms with Crippen molar-refractivity contribution in [2.75, 3.05) is 48.6 Å². The number of hydrogen-bond acceptors (Lipinski definition) is 4. The quantitative estimate of drug-likeness (QED) is 0.338. The van der Waals surface area contributed by atoms with Gasteiger partial charge in [-0.2, -0.15) is 0 Å². The van der Waals surface area contributed by atoms with E-state index in [1.54, 1.807) is 24.3 Å². The first-order valence-corrected chi connectivity index (χ1v) is 11.8. The van der Waals surface area contributed by atoms with Gasteiger partial charge in [0.25, 0.3) is 11.8 Å². The van der Waals surface area contributed by atoms with E-state index in [0.717, 1.165) is 42.3 Å². The maximum absolute atomic E-state index is 12.9. The minimum atomic E-state index is -0.233. The highest BCUT2D eigenvalue weighted by atomic mass is 35.5. The van der Waals surface area contributed by atoms with Gasteiger partial charge in [0.05, 0.1) is 0 Å². The second-order valence-electron chi connectivity index (χ2n) is 8.25.